The molecule has 12 heteroatoms. The van der Waals surface area contributed by atoms with Gasteiger partial charge in [0.1, 0.15) is 5.75 Å². The molecule has 1 unspecified atom stereocenters. The summed E-state index contributed by atoms with van der Waals surface area (Å²) in [7, 11) is 0. The van der Waals surface area contributed by atoms with Crippen molar-refractivity contribution in [1.29, 1.82) is 0 Å². The third kappa shape index (κ3) is 6.80. The lowest BCUT2D eigenvalue weighted by molar-refractivity contribution is -0.120. The molecule has 3 rings (SSSR count). The van der Waals surface area contributed by atoms with Gasteiger partial charge in [0.05, 0.1) is 47.2 Å². The number of β-amino-alcohol motifs (C(OH)–C–C–N with tert-alkyl or cyclic N) is 1. The summed E-state index contributed by atoms with van der Waals surface area (Å²) in [5, 5.41) is 31.5. The molecule has 1 aromatic heterocycles. The molecule has 0 bridgehead atoms. The number of benzene rings is 1. The number of aromatic nitrogens is 1. The molecule has 10 nitrogen and oxygen atoms in total. The summed E-state index contributed by atoms with van der Waals surface area (Å²) in [6.45, 7) is 2.24. The Morgan fingerprint density at radius 1 is 1.33 bits per heavy atom. The maximum absolute atomic E-state index is 12.5. The molecule has 33 heavy (non-hydrogen) atoms. The fourth-order valence-electron chi connectivity index (χ4n) is 3.14. The predicted octanol–water partition coefficient (Wildman–Crippen LogP) is 1.93. The van der Waals surface area contributed by atoms with E-state index >= 15 is 0 Å². The van der Waals surface area contributed by atoms with Gasteiger partial charge in [0.15, 0.2) is 5.96 Å². The minimum absolute atomic E-state index is 0.00227. The lowest BCUT2D eigenvalue weighted by Crippen LogP contribution is -2.42. The molecule has 1 aromatic carbocycles. The highest BCUT2D eigenvalue weighted by Gasteiger charge is 2.19. The quantitative estimate of drug-likeness (QED) is 0.315. The molecule has 176 valence electrons. The highest BCUT2D eigenvalue weighted by atomic mass is 79.9. The Balaban J connectivity index is 1.57. The first kappa shape index (κ1) is 24.7. The second-order valence-corrected chi connectivity index (χ2v) is 8.64. The van der Waals surface area contributed by atoms with E-state index in [4.69, 9.17) is 11.6 Å². The van der Waals surface area contributed by atoms with E-state index in [2.05, 4.69) is 47.2 Å². The summed E-state index contributed by atoms with van der Waals surface area (Å²) in [6, 6.07) is 4.24. The summed E-state index contributed by atoms with van der Waals surface area (Å²) in [5.41, 5.74) is 1.27. The van der Waals surface area contributed by atoms with Gasteiger partial charge >= 0.3 is 0 Å². The maximum Gasteiger partial charge on any atom is 0.253 e. The molecular weight excluding hydrogens is 516 g/mol. The number of nitrogens with zero attached hydrogens (tertiary/aromatic N) is 2. The Labute approximate surface area is 204 Å². The number of guanidine groups is 1. The summed E-state index contributed by atoms with van der Waals surface area (Å²) in [4.78, 5) is 33.1. The van der Waals surface area contributed by atoms with E-state index in [9.17, 15) is 19.8 Å². The Morgan fingerprint density at radius 2 is 2.12 bits per heavy atom. The van der Waals surface area contributed by atoms with Gasteiger partial charge in [0.25, 0.3) is 5.91 Å². The monoisotopic (exact) mass is 538 g/mol. The maximum atomic E-state index is 12.5. The lowest BCUT2D eigenvalue weighted by Gasteiger charge is -2.20. The number of hydrogen-bond donors (Lipinski definition) is 6. The number of carbonyl (C=O) groups is 2. The van der Waals surface area contributed by atoms with E-state index in [1.807, 2.05) is 6.92 Å². The standard InChI is InChI=1S/C21H24BrClN6O4/c1-2-17(15-4-12(23)5-16(22)19(15)32)29-18(31)10-25-20(33)11-3-13(7-24-6-11)28-21-26-8-14(30)9-27-21/h3-7,14,17,30,32H,2,8-10H2,1H3,(H,25,33)(H,29,31)(H2,26,27,28)/t17-/m1/s1. The molecule has 0 saturated carbocycles. The number of phenols is 1. The molecule has 0 aliphatic carbocycles. The molecule has 2 amide bonds. The predicted molar refractivity (Wildman–Crippen MR) is 128 cm³/mol. The molecule has 6 N–H and O–H groups in total. The second-order valence-electron chi connectivity index (χ2n) is 7.35. The highest BCUT2D eigenvalue weighted by molar-refractivity contribution is 9.10. The number of halogens is 2. The molecule has 1 aliphatic rings. The van der Waals surface area contributed by atoms with Crippen LogP contribution in [0.5, 0.6) is 5.75 Å². The fourth-order valence-corrected chi connectivity index (χ4v) is 3.98. The summed E-state index contributed by atoms with van der Waals surface area (Å²) in [5.74, 6) is -0.429. The molecular formula is C21H24BrClN6O4. The van der Waals surface area contributed by atoms with Crippen LogP contribution in [0.4, 0.5) is 5.69 Å². The normalized spacial score (nSPS) is 16.2. The van der Waals surface area contributed by atoms with Crippen LogP contribution in [0.25, 0.3) is 0 Å². The number of aliphatic imine (C=N–C) groups is 1. The highest BCUT2D eigenvalue weighted by Crippen LogP contribution is 2.36. The lowest BCUT2D eigenvalue weighted by atomic mass is 10.0. The largest absolute Gasteiger partial charge is 0.506 e. The van der Waals surface area contributed by atoms with Crippen molar-refractivity contribution >= 4 is 51.0 Å². The number of pyridine rings is 1. The minimum Gasteiger partial charge on any atom is -0.506 e. The number of nitrogens with one attached hydrogen (secondary N) is 4. The molecule has 2 aromatic rings. The average molecular weight is 540 g/mol. The van der Waals surface area contributed by atoms with Crippen LogP contribution in [0.15, 0.2) is 40.1 Å². The van der Waals surface area contributed by atoms with Gasteiger partial charge in [0.2, 0.25) is 5.91 Å². The van der Waals surface area contributed by atoms with Crippen LogP contribution < -0.4 is 21.3 Å². The minimum atomic E-state index is -0.534. The molecule has 0 spiro atoms. The summed E-state index contributed by atoms with van der Waals surface area (Å²) in [6.07, 6.45) is 2.88. The summed E-state index contributed by atoms with van der Waals surface area (Å²) >= 11 is 9.30. The van der Waals surface area contributed by atoms with Crippen molar-refractivity contribution in [3.8, 4) is 5.75 Å². The number of anilines is 1. The van der Waals surface area contributed by atoms with Gasteiger partial charge in [-0.3, -0.25) is 19.6 Å². The Bertz CT molecular complexity index is 1070. The third-order valence-corrected chi connectivity index (χ3v) is 5.64. The fraction of sp³-hybridized carbons (Fsp3) is 0.333. The van der Waals surface area contributed by atoms with Gasteiger partial charge in [0, 0.05) is 23.3 Å². The van der Waals surface area contributed by atoms with Crippen LogP contribution in [0.1, 0.15) is 35.3 Å². The van der Waals surface area contributed by atoms with Crippen LogP contribution in [0, 0.1) is 0 Å². The van der Waals surface area contributed by atoms with Gasteiger partial charge < -0.3 is 31.5 Å². The zero-order valence-corrected chi connectivity index (χ0v) is 20.1. The number of rotatable bonds is 7. The average Bonchev–Trinajstić information content (AvgIpc) is 2.80. The molecule has 2 heterocycles. The zero-order valence-electron chi connectivity index (χ0n) is 17.7. The topological polar surface area (TPSA) is 148 Å². The van der Waals surface area contributed by atoms with Crippen LogP contribution in [-0.2, 0) is 4.79 Å². The molecule has 0 radical (unpaired) electrons. The Hall–Kier alpha value is -2.89. The van der Waals surface area contributed by atoms with Gasteiger partial charge in [-0.1, -0.05) is 18.5 Å². The first-order chi connectivity index (χ1) is 15.8. The number of phenolic OH excluding ortho intramolecular Hbond substituents is 1. The molecule has 1 aliphatic heterocycles. The number of carbonyl (C=O) groups excluding carboxylic acids is 2. The number of hydrogen-bond acceptors (Lipinski definition) is 8. The van der Waals surface area contributed by atoms with Crippen molar-refractivity contribution in [3.05, 3.63) is 51.2 Å². The van der Waals surface area contributed by atoms with Crippen LogP contribution in [0.2, 0.25) is 5.02 Å². The van der Waals surface area contributed by atoms with E-state index in [1.165, 1.54) is 12.4 Å². The van der Waals surface area contributed by atoms with Crippen LogP contribution >= 0.6 is 27.5 Å². The van der Waals surface area contributed by atoms with Crippen LogP contribution in [0.3, 0.4) is 0 Å². The van der Waals surface area contributed by atoms with Crippen molar-refractivity contribution in [3.63, 3.8) is 0 Å². The number of aliphatic hydroxyl groups excluding tert-OH is 1. The van der Waals surface area contributed by atoms with Gasteiger partial charge in [-0.25, -0.2) is 0 Å². The first-order valence-electron chi connectivity index (χ1n) is 10.2. The summed E-state index contributed by atoms with van der Waals surface area (Å²) < 4.78 is 0.428. The number of aliphatic hydroxyl groups is 1. The zero-order chi connectivity index (χ0) is 24.0. The van der Waals surface area contributed by atoms with Crippen molar-refractivity contribution in [2.75, 3.05) is 25.0 Å². The Morgan fingerprint density at radius 3 is 2.82 bits per heavy atom. The van der Waals surface area contributed by atoms with Gasteiger partial charge in [-0.2, -0.15) is 0 Å². The van der Waals surface area contributed by atoms with Crippen molar-refractivity contribution in [2.24, 2.45) is 4.99 Å². The van der Waals surface area contributed by atoms with E-state index in [1.54, 1.807) is 18.2 Å². The van der Waals surface area contributed by atoms with Crippen LogP contribution in [-0.4, -0.2) is 58.7 Å². The van der Waals surface area contributed by atoms with Crippen molar-refractivity contribution in [2.45, 2.75) is 25.5 Å². The first-order valence-corrected chi connectivity index (χ1v) is 11.4. The van der Waals surface area contributed by atoms with Crippen molar-refractivity contribution in [1.82, 2.24) is 20.9 Å². The van der Waals surface area contributed by atoms with E-state index in [0.717, 1.165) is 0 Å². The molecule has 0 saturated heterocycles. The SMILES string of the molecule is CC[C@@H](NC(=O)CNC(=O)c1cncc(NC2=NCC(O)CN2)c1)c1cc(Cl)cc(Br)c1O. The van der Waals surface area contributed by atoms with E-state index in [-0.39, 0.29) is 24.4 Å². The van der Waals surface area contributed by atoms with E-state index < -0.39 is 24.0 Å². The van der Waals surface area contributed by atoms with E-state index in [0.29, 0.717) is 39.7 Å². The molecule has 0 fully saturated rings. The smallest absolute Gasteiger partial charge is 0.253 e. The van der Waals surface area contributed by atoms with Crippen molar-refractivity contribution < 1.29 is 19.8 Å². The van der Waals surface area contributed by atoms with Gasteiger partial charge in [-0.15, -0.1) is 0 Å². The van der Waals surface area contributed by atoms with Gasteiger partial charge in [-0.05, 0) is 40.5 Å². The number of amides is 2. The molecule has 2 atom stereocenters. The second kappa shape index (κ2) is 11.3. The third-order valence-electron chi connectivity index (χ3n) is 4.81. The number of aromatic hydroxyl groups is 1. The Kier molecular flexibility index (Phi) is 8.48.